The molecule has 0 amide bonds. The molecule has 1 aliphatic heterocycles. The Hall–Kier alpha value is -0.830. The Morgan fingerprint density at radius 3 is 3.07 bits per heavy atom. The van der Waals surface area contributed by atoms with Crippen LogP contribution in [0, 0.1) is 11.8 Å². The van der Waals surface area contributed by atoms with Gasteiger partial charge in [-0.1, -0.05) is 19.1 Å². The molecule has 1 saturated heterocycles. The van der Waals surface area contributed by atoms with Crippen molar-refractivity contribution >= 4 is 5.97 Å². The van der Waals surface area contributed by atoms with Crippen molar-refractivity contribution < 1.29 is 14.3 Å². The number of cyclic esters (lactones) is 1. The maximum absolute atomic E-state index is 11.6. The van der Waals surface area contributed by atoms with Crippen molar-refractivity contribution in [1.82, 2.24) is 0 Å². The van der Waals surface area contributed by atoms with Crippen LogP contribution in [0.5, 0.6) is 0 Å². The van der Waals surface area contributed by atoms with Crippen LogP contribution in [0.1, 0.15) is 19.8 Å². The van der Waals surface area contributed by atoms with Crippen LogP contribution in [0.3, 0.4) is 0 Å². The van der Waals surface area contributed by atoms with Crippen LogP contribution in [-0.4, -0.2) is 25.3 Å². The highest BCUT2D eigenvalue weighted by atomic mass is 16.5. The SMILES string of the molecule is C[C@@H]1C=C[C@H]2OCCCOC(=O)[C@H]2C1. The summed E-state index contributed by atoms with van der Waals surface area (Å²) in [5.74, 6) is 0.271. The number of esters is 1. The zero-order valence-electron chi connectivity index (χ0n) is 8.44. The molecule has 2 aliphatic rings. The van der Waals surface area contributed by atoms with Crippen LogP contribution in [0.2, 0.25) is 0 Å². The van der Waals surface area contributed by atoms with E-state index in [2.05, 4.69) is 13.0 Å². The van der Waals surface area contributed by atoms with Crippen molar-refractivity contribution in [1.29, 1.82) is 0 Å². The van der Waals surface area contributed by atoms with Gasteiger partial charge in [0.2, 0.25) is 0 Å². The molecule has 0 saturated carbocycles. The van der Waals surface area contributed by atoms with Crippen molar-refractivity contribution in [2.75, 3.05) is 13.2 Å². The average Bonchev–Trinajstić information content (AvgIpc) is 2.16. The molecule has 78 valence electrons. The first-order valence-electron chi connectivity index (χ1n) is 5.24. The lowest BCUT2D eigenvalue weighted by molar-refractivity contribution is -0.158. The molecular weight excluding hydrogens is 180 g/mol. The summed E-state index contributed by atoms with van der Waals surface area (Å²) in [6, 6.07) is 0. The van der Waals surface area contributed by atoms with Crippen LogP contribution < -0.4 is 0 Å². The molecule has 0 radical (unpaired) electrons. The molecule has 0 bridgehead atoms. The quantitative estimate of drug-likeness (QED) is 0.435. The van der Waals surface area contributed by atoms with Crippen molar-refractivity contribution in [3.8, 4) is 0 Å². The molecule has 2 rings (SSSR count). The molecule has 3 heteroatoms. The van der Waals surface area contributed by atoms with Gasteiger partial charge in [0.1, 0.15) is 0 Å². The van der Waals surface area contributed by atoms with Gasteiger partial charge in [-0.2, -0.15) is 0 Å². The van der Waals surface area contributed by atoms with Crippen molar-refractivity contribution in [3.05, 3.63) is 12.2 Å². The van der Waals surface area contributed by atoms with Gasteiger partial charge in [0, 0.05) is 6.42 Å². The van der Waals surface area contributed by atoms with E-state index in [1.54, 1.807) is 0 Å². The van der Waals surface area contributed by atoms with Gasteiger partial charge in [-0.3, -0.25) is 4.79 Å². The topological polar surface area (TPSA) is 35.5 Å². The number of fused-ring (bicyclic) bond motifs is 1. The lowest BCUT2D eigenvalue weighted by atomic mass is 9.85. The van der Waals surface area contributed by atoms with Gasteiger partial charge < -0.3 is 9.47 Å². The van der Waals surface area contributed by atoms with E-state index in [0.29, 0.717) is 19.1 Å². The Morgan fingerprint density at radius 1 is 1.36 bits per heavy atom. The maximum atomic E-state index is 11.6. The van der Waals surface area contributed by atoms with Gasteiger partial charge in [-0.15, -0.1) is 0 Å². The number of allylic oxidation sites excluding steroid dienone is 1. The predicted molar refractivity (Wildman–Crippen MR) is 51.7 cm³/mol. The second-order valence-corrected chi connectivity index (χ2v) is 4.06. The lowest BCUT2D eigenvalue weighted by Gasteiger charge is -2.30. The highest BCUT2D eigenvalue weighted by Gasteiger charge is 2.33. The van der Waals surface area contributed by atoms with Crippen molar-refractivity contribution in [2.24, 2.45) is 11.8 Å². The summed E-state index contributed by atoms with van der Waals surface area (Å²) in [6.07, 6.45) is 5.72. The van der Waals surface area contributed by atoms with E-state index < -0.39 is 0 Å². The van der Waals surface area contributed by atoms with Gasteiger partial charge in [-0.25, -0.2) is 0 Å². The molecule has 1 aliphatic carbocycles. The van der Waals surface area contributed by atoms with E-state index >= 15 is 0 Å². The van der Waals surface area contributed by atoms with Gasteiger partial charge in [-0.05, 0) is 12.3 Å². The summed E-state index contributed by atoms with van der Waals surface area (Å²) in [6.45, 7) is 3.30. The molecule has 3 atom stereocenters. The van der Waals surface area contributed by atoms with Crippen LogP contribution in [0.15, 0.2) is 12.2 Å². The highest BCUT2D eigenvalue weighted by Crippen LogP contribution is 2.27. The molecule has 0 aromatic carbocycles. The first-order chi connectivity index (χ1) is 6.77. The molecule has 1 heterocycles. The van der Waals surface area contributed by atoms with Gasteiger partial charge >= 0.3 is 5.97 Å². The first-order valence-corrected chi connectivity index (χ1v) is 5.24. The fraction of sp³-hybridized carbons (Fsp3) is 0.727. The van der Waals surface area contributed by atoms with Crippen LogP contribution in [0.4, 0.5) is 0 Å². The fourth-order valence-electron chi connectivity index (χ4n) is 2.01. The summed E-state index contributed by atoms with van der Waals surface area (Å²) in [7, 11) is 0. The van der Waals surface area contributed by atoms with Crippen molar-refractivity contribution in [2.45, 2.75) is 25.9 Å². The third kappa shape index (κ3) is 1.98. The van der Waals surface area contributed by atoms with E-state index in [-0.39, 0.29) is 18.0 Å². The molecule has 0 aromatic rings. The molecule has 0 N–H and O–H groups in total. The summed E-state index contributed by atoms with van der Waals surface area (Å²) in [5, 5.41) is 0. The number of carbonyl (C=O) groups excluding carboxylic acids is 1. The molecule has 1 fully saturated rings. The van der Waals surface area contributed by atoms with E-state index in [1.807, 2.05) is 6.08 Å². The average molecular weight is 196 g/mol. The minimum atomic E-state index is -0.0918. The summed E-state index contributed by atoms with van der Waals surface area (Å²) >= 11 is 0. The minimum Gasteiger partial charge on any atom is -0.465 e. The van der Waals surface area contributed by atoms with E-state index in [1.165, 1.54) is 0 Å². The van der Waals surface area contributed by atoms with E-state index in [0.717, 1.165) is 12.8 Å². The predicted octanol–water partition coefficient (Wildman–Crippen LogP) is 1.53. The molecule has 0 unspecified atom stereocenters. The second kappa shape index (κ2) is 4.13. The molecule has 3 nitrogen and oxygen atoms in total. The molecule has 0 spiro atoms. The Labute approximate surface area is 84.1 Å². The van der Waals surface area contributed by atoms with E-state index in [4.69, 9.17) is 9.47 Å². The number of hydrogen-bond acceptors (Lipinski definition) is 3. The second-order valence-electron chi connectivity index (χ2n) is 4.06. The monoisotopic (exact) mass is 196 g/mol. The third-order valence-electron chi connectivity index (χ3n) is 2.80. The third-order valence-corrected chi connectivity index (χ3v) is 2.80. The number of ether oxygens (including phenoxy) is 2. The van der Waals surface area contributed by atoms with Crippen LogP contribution >= 0.6 is 0 Å². The number of hydrogen-bond donors (Lipinski definition) is 0. The Bertz CT molecular complexity index is 247. The Balaban J connectivity index is 2.11. The fourth-order valence-corrected chi connectivity index (χ4v) is 2.01. The molecule has 0 aromatic heterocycles. The van der Waals surface area contributed by atoms with Crippen molar-refractivity contribution in [3.63, 3.8) is 0 Å². The zero-order valence-corrected chi connectivity index (χ0v) is 8.44. The molecular formula is C11H16O3. The maximum Gasteiger partial charge on any atom is 0.311 e. The minimum absolute atomic E-state index is 0.0565. The lowest BCUT2D eigenvalue weighted by Crippen LogP contribution is -2.36. The standard InChI is InChI=1S/C11H16O3/c1-8-3-4-10-9(7-8)11(12)14-6-2-5-13-10/h3-4,8-10H,2,5-7H2,1H3/t8-,9+,10-/m1/s1. The Kier molecular flexibility index (Phi) is 2.87. The Morgan fingerprint density at radius 2 is 2.21 bits per heavy atom. The number of carbonyl (C=O) groups is 1. The smallest absolute Gasteiger partial charge is 0.311 e. The van der Waals surface area contributed by atoms with Crippen LogP contribution in [0.25, 0.3) is 0 Å². The zero-order chi connectivity index (χ0) is 9.97. The molecule has 14 heavy (non-hydrogen) atoms. The summed E-state index contributed by atoms with van der Waals surface area (Å²) in [5.41, 5.74) is 0. The largest absolute Gasteiger partial charge is 0.465 e. The van der Waals surface area contributed by atoms with Gasteiger partial charge in [0.05, 0.1) is 25.2 Å². The highest BCUT2D eigenvalue weighted by molar-refractivity contribution is 5.73. The normalized spacial score (nSPS) is 38.1. The summed E-state index contributed by atoms with van der Waals surface area (Å²) in [4.78, 5) is 11.6. The van der Waals surface area contributed by atoms with E-state index in [9.17, 15) is 4.79 Å². The first kappa shape index (κ1) is 9.71. The van der Waals surface area contributed by atoms with Crippen LogP contribution in [-0.2, 0) is 14.3 Å². The summed E-state index contributed by atoms with van der Waals surface area (Å²) < 4.78 is 10.8. The van der Waals surface area contributed by atoms with Gasteiger partial charge in [0.25, 0.3) is 0 Å². The number of rotatable bonds is 0. The van der Waals surface area contributed by atoms with Gasteiger partial charge in [0.15, 0.2) is 0 Å².